The van der Waals surface area contributed by atoms with Crippen molar-refractivity contribution in [1.82, 2.24) is 9.88 Å². The number of carbonyl (C=O) groups excluding carboxylic acids is 1. The number of Topliss-reactive ketones (excluding diaryl/α,β-unsaturated/α-hetero) is 1. The fourth-order valence-electron chi connectivity index (χ4n) is 2.23. The maximum Gasteiger partial charge on any atom is 0.184 e. The Balaban J connectivity index is 2.50. The molecule has 2 rings (SSSR count). The molecular formula is C14H17ClN2O2. The van der Waals surface area contributed by atoms with Crippen molar-refractivity contribution >= 4 is 28.3 Å². The molecule has 0 aliphatic carbocycles. The predicted molar refractivity (Wildman–Crippen MR) is 76.8 cm³/mol. The zero-order valence-corrected chi connectivity index (χ0v) is 11.7. The lowest BCUT2D eigenvalue weighted by atomic mass is 10.0. The Morgan fingerprint density at radius 3 is 2.89 bits per heavy atom. The lowest BCUT2D eigenvalue weighted by Gasteiger charge is -2.13. The van der Waals surface area contributed by atoms with Crippen LogP contribution >= 0.6 is 11.6 Å². The van der Waals surface area contributed by atoms with Crippen LogP contribution in [0.15, 0.2) is 24.4 Å². The maximum absolute atomic E-state index is 12.4. The average molecular weight is 281 g/mol. The SMILES string of the molecule is CCNC(CO)C(=O)c1cn(C)c2ccc(Cl)cc12. The van der Waals surface area contributed by atoms with E-state index in [1.807, 2.05) is 24.6 Å². The number of fused-ring (bicyclic) bond motifs is 1. The summed E-state index contributed by atoms with van der Waals surface area (Å²) < 4.78 is 1.89. The number of aliphatic hydroxyl groups is 1. The van der Waals surface area contributed by atoms with E-state index in [4.69, 9.17) is 11.6 Å². The van der Waals surface area contributed by atoms with Crippen LogP contribution in [0.4, 0.5) is 0 Å². The fraction of sp³-hybridized carbons (Fsp3) is 0.357. The van der Waals surface area contributed by atoms with E-state index < -0.39 is 6.04 Å². The van der Waals surface area contributed by atoms with Gasteiger partial charge in [0.2, 0.25) is 0 Å². The van der Waals surface area contributed by atoms with Crippen LogP contribution < -0.4 is 5.32 Å². The Morgan fingerprint density at radius 2 is 2.26 bits per heavy atom. The van der Waals surface area contributed by atoms with Crippen molar-refractivity contribution in [2.24, 2.45) is 7.05 Å². The van der Waals surface area contributed by atoms with E-state index >= 15 is 0 Å². The van der Waals surface area contributed by atoms with Gasteiger partial charge < -0.3 is 15.0 Å². The predicted octanol–water partition coefficient (Wildman–Crippen LogP) is 1.98. The summed E-state index contributed by atoms with van der Waals surface area (Å²) in [7, 11) is 1.88. The van der Waals surface area contributed by atoms with Gasteiger partial charge in [-0.2, -0.15) is 0 Å². The van der Waals surface area contributed by atoms with Crippen LogP contribution in [0.2, 0.25) is 5.02 Å². The van der Waals surface area contributed by atoms with E-state index in [1.54, 1.807) is 18.3 Å². The first-order chi connectivity index (χ1) is 9.08. The summed E-state index contributed by atoms with van der Waals surface area (Å²) in [6.45, 7) is 2.31. The molecule has 0 aliphatic heterocycles. The molecule has 1 aromatic carbocycles. The minimum atomic E-state index is -0.574. The van der Waals surface area contributed by atoms with E-state index in [1.165, 1.54) is 0 Å². The number of likely N-dealkylation sites (N-methyl/N-ethyl adjacent to an activating group) is 1. The highest BCUT2D eigenvalue weighted by Gasteiger charge is 2.22. The van der Waals surface area contributed by atoms with Gasteiger partial charge >= 0.3 is 0 Å². The molecule has 102 valence electrons. The number of benzene rings is 1. The molecule has 0 amide bonds. The topological polar surface area (TPSA) is 54.3 Å². The van der Waals surface area contributed by atoms with Gasteiger partial charge in [0, 0.05) is 34.7 Å². The normalized spacial score (nSPS) is 12.8. The Hall–Kier alpha value is -1.36. The van der Waals surface area contributed by atoms with Crippen molar-refractivity contribution in [2.45, 2.75) is 13.0 Å². The monoisotopic (exact) mass is 280 g/mol. The third-order valence-electron chi connectivity index (χ3n) is 3.17. The molecule has 0 saturated carbocycles. The first kappa shape index (κ1) is 14.1. The fourth-order valence-corrected chi connectivity index (χ4v) is 2.41. The van der Waals surface area contributed by atoms with Gasteiger partial charge in [-0.05, 0) is 24.7 Å². The molecule has 4 nitrogen and oxygen atoms in total. The van der Waals surface area contributed by atoms with Gasteiger partial charge in [0.25, 0.3) is 0 Å². The number of aryl methyl sites for hydroxylation is 1. The zero-order chi connectivity index (χ0) is 14.0. The van der Waals surface area contributed by atoms with Gasteiger partial charge in [0.05, 0.1) is 12.6 Å². The second-order valence-corrected chi connectivity index (χ2v) is 4.91. The molecule has 1 aromatic heterocycles. The number of nitrogens with zero attached hydrogens (tertiary/aromatic N) is 1. The quantitative estimate of drug-likeness (QED) is 0.824. The lowest BCUT2D eigenvalue weighted by Crippen LogP contribution is -2.39. The lowest BCUT2D eigenvalue weighted by molar-refractivity contribution is 0.0901. The van der Waals surface area contributed by atoms with Gasteiger partial charge in [-0.3, -0.25) is 4.79 Å². The second kappa shape index (κ2) is 5.74. The summed E-state index contributed by atoms with van der Waals surface area (Å²) in [5.74, 6) is -0.114. The summed E-state index contributed by atoms with van der Waals surface area (Å²) in [6.07, 6.45) is 1.78. The number of carbonyl (C=O) groups is 1. The molecule has 2 N–H and O–H groups in total. The largest absolute Gasteiger partial charge is 0.394 e. The van der Waals surface area contributed by atoms with E-state index in [-0.39, 0.29) is 12.4 Å². The summed E-state index contributed by atoms with van der Waals surface area (Å²) in [5.41, 5.74) is 1.53. The minimum Gasteiger partial charge on any atom is -0.394 e. The van der Waals surface area contributed by atoms with Crippen molar-refractivity contribution in [3.8, 4) is 0 Å². The van der Waals surface area contributed by atoms with Crippen LogP contribution in [0.3, 0.4) is 0 Å². The first-order valence-electron chi connectivity index (χ1n) is 6.21. The summed E-state index contributed by atoms with van der Waals surface area (Å²) in [4.78, 5) is 12.4. The number of aliphatic hydroxyl groups excluding tert-OH is 1. The molecule has 1 heterocycles. The Bertz CT molecular complexity index is 607. The summed E-state index contributed by atoms with van der Waals surface area (Å²) in [5, 5.41) is 13.7. The molecule has 19 heavy (non-hydrogen) atoms. The van der Waals surface area contributed by atoms with Gasteiger partial charge in [0.1, 0.15) is 0 Å². The second-order valence-electron chi connectivity index (χ2n) is 4.47. The highest BCUT2D eigenvalue weighted by Crippen LogP contribution is 2.25. The average Bonchev–Trinajstić information content (AvgIpc) is 2.72. The maximum atomic E-state index is 12.4. The van der Waals surface area contributed by atoms with Crippen LogP contribution in [-0.2, 0) is 7.05 Å². The molecule has 0 fully saturated rings. The summed E-state index contributed by atoms with van der Waals surface area (Å²) >= 11 is 5.99. The molecule has 0 bridgehead atoms. The summed E-state index contributed by atoms with van der Waals surface area (Å²) in [6, 6.07) is 4.89. The number of halogens is 1. The van der Waals surface area contributed by atoms with Crippen LogP contribution in [0.25, 0.3) is 10.9 Å². The van der Waals surface area contributed by atoms with Crippen molar-refractivity contribution < 1.29 is 9.90 Å². The molecule has 2 aromatic rings. The number of ketones is 1. The van der Waals surface area contributed by atoms with E-state index in [9.17, 15) is 9.90 Å². The number of hydrogen-bond acceptors (Lipinski definition) is 3. The number of hydrogen-bond donors (Lipinski definition) is 2. The highest BCUT2D eigenvalue weighted by atomic mass is 35.5. The number of nitrogens with one attached hydrogen (secondary N) is 1. The van der Waals surface area contributed by atoms with E-state index in [0.717, 1.165) is 10.9 Å². The number of aromatic nitrogens is 1. The third-order valence-corrected chi connectivity index (χ3v) is 3.40. The molecule has 1 atom stereocenters. The number of rotatable bonds is 5. The standard InChI is InChI=1S/C14H17ClN2O2/c1-3-16-12(8-18)14(19)11-7-17(2)13-5-4-9(15)6-10(11)13/h4-7,12,16,18H,3,8H2,1-2H3. The van der Waals surface area contributed by atoms with Crippen LogP contribution in [0.1, 0.15) is 17.3 Å². The van der Waals surface area contributed by atoms with Gasteiger partial charge in [-0.25, -0.2) is 0 Å². The molecule has 5 heteroatoms. The van der Waals surface area contributed by atoms with Crippen molar-refractivity contribution in [2.75, 3.05) is 13.2 Å². The molecule has 0 aliphatic rings. The third kappa shape index (κ3) is 2.66. The Morgan fingerprint density at radius 1 is 1.53 bits per heavy atom. The van der Waals surface area contributed by atoms with Crippen molar-refractivity contribution in [3.05, 3.63) is 35.0 Å². The minimum absolute atomic E-state index is 0.114. The van der Waals surface area contributed by atoms with Crippen LogP contribution in [0, 0.1) is 0 Å². The first-order valence-corrected chi connectivity index (χ1v) is 6.59. The smallest absolute Gasteiger partial charge is 0.184 e. The van der Waals surface area contributed by atoms with Crippen molar-refractivity contribution in [3.63, 3.8) is 0 Å². The highest BCUT2D eigenvalue weighted by molar-refractivity contribution is 6.31. The van der Waals surface area contributed by atoms with Crippen LogP contribution in [-0.4, -0.2) is 34.7 Å². The van der Waals surface area contributed by atoms with E-state index in [2.05, 4.69) is 5.32 Å². The Labute approximate surface area is 117 Å². The van der Waals surface area contributed by atoms with Gasteiger partial charge in [0.15, 0.2) is 5.78 Å². The van der Waals surface area contributed by atoms with Crippen LogP contribution in [0.5, 0.6) is 0 Å². The van der Waals surface area contributed by atoms with Gasteiger partial charge in [-0.1, -0.05) is 18.5 Å². The van der Waals surface area contributed by atoms with Crippen molar-refractivity contribution in [1.29, 1.82) is 0 Å². The molecule has 0 spiro atoms. The molecule has 0 radical (unpaired) electrons. The zero-order valence-electron chi connectivity index (χ0n) is 11.0. The van der Waals surface area contributed by atoms with E-state index in [0.29, 0.717) is 17.1 Å². The molecule has 1 unspecified atom stereocenters. The molecule has 0 saturated heterocycles. The Kier molecular flexibility index (Phi) is 4.24. The molecular weight excluding hydrogens is 264 g/mol. The van der Waals surface area contributed by atoms with Gasteiger partial charge in [-0.15, -0.1) is 0 Å².